The summed E-state index contributed by atoms with van der Waals surface area (Å²) >= 11 is 5.98. The van der Waals surface area contributed by atoms with Crippen molar-refractivity contribution in [1.29, 1.82) is 0 Å². The van der Waals surface area contributed by atoms with E-state index in [-0.39, 0.29) is 0 Å². The molecule has 0 amide bonds. The molecule has 0 radical (unpaired) electrons. The van der Waals surface area contributed by atoms with E-state index in [2.05, 4.69) is 66.7 Å². The van der Waals surface area contributed by atoms with Crippen LogP contribution in [0.1, 0.15) is 16.7 Å². The van der Waals surface area contributed by atoms with Gasteiger partial charge in [0.15, 0.2) is 0 Å². The Bertz CT molecular complexity index is 818. The topological polar surface area (TPSA) is 0 Å². The molecule has 0 saturated heterocycles. The second-order valence-electron chi connectivity index (χ2n) is 5.50. The molecule has 102 valence electrons. The highest BCUT2D eigenvalue weighted by Gasteiger charge is 2.20. The first-order chi connectivity index (χ1) is 10.4. The predicted molar refractivity (Wildman–Crippen MR) is 89.7 cm³/mol. The first-order valence-corrected chi connectivity index (χ1v) is 7.76. The van der Waals surface area contributed by atoms with Crippen LogP contribution >= 0.6 is 11.6 Å². The monoisotopic (exact) mass is 290 g/mol. The lowest BCUT2D eigenvalue weighted by Gasteiger charge is -2.10. The van der Waals surface area contributed by atoms with E-state index in [1.807, 2.05) is 0 Å². The average molecular weight is 291 g/mol. The molecule has 1 aliphatic rings. The van der Waals surface area contributed by atoms with Gasteiger partial charge < -0.3 is 0 Å². The molecule has 0 aliphatic heterocycles. The molecule has 0 saturated carbocycles. The lowest BCUT2D eigenvalue weighted by molar-refractivity contribution is 1.26. The zero-order valence-corrected chi connectivity index (χ0v) is 12.4. The van der Waals surface area contributed by atoms with Crippen LogP contribution in [0.5, 0.6) is 0 Å². The van der Waals surface area contributed by atoms with Gasteiger partial charge in [-0.3, -0.25) is 0 Å². The highest BCUT2D eigenvalue weighted by molar-refractivity contribution is 6.17. The van der Waals surface area contributed by atoms with Crippen molar-refractivity contribution in [2.45, 2.75) is 12.3 Å². The maximum atomic E-state index is 5.98. The van der Waals surface area contributed by atoms with Crippen LogP contribution < -0.4 is 0 Å². The minimum atomic E-state index is 0.559. The van der Waals surface area contributed by atoms with Crippen molar-refractivity contribution in [3.63, 3.8) is 0 Å². The van der Waals surface area contributed by atoms with Gasteiger partial charge >= 0.3 is 0 Å². The third-order valence-corrected chi connectivity index (χ3v) is 4.55. The second kappa shape index (κ2) is 5.05. The second-order valence-corrected chi connectivity index (χ2v) is 5.77. The third-order valence-electron chi connectivity index (χ3n) is 4.24. The standard InChI is InChI=1S/C20H15Cl/c21-13-14-5-3-7-15(11-14)18-9-4-10-19-17-8-2-1-6-16(17)12-20(18)19/h1-11H,12-13H2. The summed E-state index contributed by atoms with van der Waals surface area (Å²) in [6.07, 6.45) is 1.02. The van der Waals surface area contributed by atoms with Crippen LogP contribution in [0.4, 0.5) is 0 Å². The normalized spacial score (nSPS) is 12.0. The molecular weight excluding hydrogens is 276 g/mol. The zero-order chi connectivity index (χ0) is 14.2. The molecular formula is C20H15Cl. The Hall–Kier alpha value is -2.05. The van der Waals surface area contributed by atoms with Gasteiger partial charge in [0.2, 0.25) is 0 Å². The summed E-state index contributed by atoms with van der Waals surface area (Å²) in [6.45, 7) is 0. The number of halogens is 1. The lowest BCUT2D eigenvalue weighted by atomic mass is 9.95. The lowest BCUT2D eigenvalue weighted by Crippen LogP contribution is -1.89. The van der Waals surface area contributed by atoms with Gasteiger partial charge in [-0.1, -0.05) is 60.7 Å². The first-order valence-electron chi connectivity index (χ1n) is 7.22. The van der Waals surface area contributed by atoms with Gasteiger partial charge in [-0.15, -0.1) is 11.6 Å². The van der Waals surface area contributed by atoms with Gasteiger partial charge in [0.25, 0.3) is 0 Å². The fourth-order valence-corrected chi connectivity index (χ4v) is 3.42. The SMILES string of the molecule is ClCc1cccc(-c2cccc3c2Cc2ccccc2-3)c1. The molecule has 0 atom stereocenters. The summed E-state index contributed by atoms with van der Waals surface area (Å²) in [5, 5.41) is 0. The number of hydrogen-bond donors (Lipinski definition) is 0. The van der Waals surface area contributed by atoms with Gasteiger partial charge in [-0.2, -0.15) is 0 Å². The quantitative estimate of drug-likeness (QED) is 0.418. The van der Waals surface area contributed by atoms with E-state index in [0.29, 0.717) is 5.88 Å². The fourth-order valence-electron chi connectivity index (χ4n) is 3.25. The zero-order valence-electron chi connectivity index (χ0n) is 11.6. The van der Waals surface area contributed by atoms with E-state index in [1.54, 1.807) is 0 Å². The number of hydrogen-bond acceptors (Lipinski definition) is 0. The maximum Gasteiger partial charge on any atom is 0.0474 e. The molecule has 0 spiro atoms. The fraction of sp³-hybridized carbons (Fsp3) is 0.100. The van der Waals surface area contributed by atoms with Crippen molar-refractivity contribution in [2.24, 2.45) is 0 Å². The Balaban J connectivity index is 1.90. The Morgan fingerprint density at radius 3 is 2.43 bits per heavy atom. The van der Waals surface area contributed by atoms with Crippen molar-refractivity contribution in [2.75, 3.05) is 0 Å². The van der Waals surface area contributed by atoms with Gasteiger partial charge in [0.05, 0.1) is 0 Å². The van der Waals surface area contributed by atoms with Gasteiger partial charge in [0.1, 0.15) is 0 Å². The number of benzene rings is 3. The number of fused-ring (bicyclic) bond motifs is 3. The van der Waals surface area contributed by atoms with Crippen LogP contribution in [-0.2, 0) is 12.3 Å². The van der Waals surface area contributed by atoms with E-state index in [1.165, 1.54) is 38.9 Å². The molecule has 0 N–H and O–H groups in total. The van der Waals surface area contributed by atoms with Crippen molar-refractivity contribution in [1.82, 2.24) is 0 Å². The highest BCUT2D eigenvalue weighted by Crippen LogP contribution is 2.41. The Morgan fingerprint density at radius 2 is 1.52 bits per heavy atom. The summed E-state index contributed by atoms with van der Waals surface area (Å²) in [5.41, 5.74) is 9.37. The van der Waals surface area contributed by atoms with Crippen molar-refractivity contribution in [3.05, 3.63) is 83.4 Å². The van der Waals surface area contributed by atoms with Gasteiger partial charge in [-0.25, -0.2) is 0 Å². The molecule has 0 aromatic heterocycles. The maximum absolute atomic E-state index is 5.98. The van der Waals surface area contributed by atoms with Crippen LogP contribution in [0.25, 0.3) is 22.3 Å². The van der Waals surface area contributed by atoms with Crippen molar-refractivity contribution in [3.8, 4) is 22.3 Å². The molecule has 1 heteroatoms. The number of alkyl halides is 1. The van der Waals surface area contributed by atoms with E-state index in [9.17, 15) is 0 Å². The van der Waals surface area contributed by atoms with Crippen LogP contribution in [0.15, 0.2) is 66.7 Å². The van der Waals surface area contributed by atoms with Crippen LogP contribution in [-0.4, -0.2) is 0 Å². The van der Waals surface area contributed by atoms with Crippen LogP contribution in [0.3, 0.4) is 0 Å². The third kappa shape index (κ3) is 2.07. The average Bonchev–Trinajstić information content (AvgIpc) is 2.93. The van der Waals surface area contributed by atoms with Crippen LogP contribution in [0, 0.1) is 0 Å². The molecule has 21 heavy (non-hydrogen) atoms. The molecule has 3 aromatic rings. The molecule has 3 aromatic carbocycles. The molecule has 4 rings (SSSR count). The van der Waals surface area contributed by atoms with Crippen molar-refractivity contribution >= 4 is 11.6 Å². The van der Waals surface area contributed by atoms with Gasteiger partial charge in [-0.05, 0) is 51.4 Å². The van der Waals surface area contributed by atoms with Gasteiger partial charge in [0, 0.05) is 5.88 Å². The van der Waals surface area contributed by atoms with Crippen molar-refractivity contribution < 1.29 is 0 Å². The highest BCUT2D eigenvalue weighted by atomic mass is 35.5. The van der Waals surface area contributed by atoms with E-state index < -0.39 is 0 Å². The molecule has 0 nitrogen and oxygen atoms in total. The Labute approximate surface area is 130 Å². The summed E-state index contributed by atoms with van der Waals surface area (Å²) in [5.74, 6) is 0.559. The summed E-state index contributed by atoms with van der Waals surface area (Å²) in [4.78, 5) is 0. The molecule has 0 bridgehead atoms. The minimum Gasteiger partial charge on any atom is -0.122 e. The molecule has 1 aliphatic carbocycles. The van der Waals surface area contributed by atoms with E-state index >= 15 is 0 Å². The Morgan fingerprint density at radius 1 is 0.762 bits per heavy atom. The Kier molecular flexibility index (Phi) is 3.05. The summed E-state index contributed by atoms with van der Waals surface area (Å²) in [6, 6.07) is 23.8. The summed E-state index contributed by atoms with van der Waals surface area (Å²) in [7, 11) is 0. The first kappa shape index (κ1) is 12.7. The predicted octanol–water partition coefficient (Wildman–Crippen LogP) is 5.66. The molecule has 0 fully saturated rings. The molecule has 0 heterocycles. The van der Waals surface area contributed by atoms with E-state index in [0.717, 1.165) is 6.42 Å². The van der Waals surface area contributed by atoms with E-state index in [4.69, 9.17) is 11.6 Å². The smallest absolute Gasteiger partial charge is 0.0474 e. The summed E-state index contributed by atoms with van der Waals surface area (Å²) < 4.78 is 0. The molecule has 0 unspecified atom stereocenters. The minimum absolute atomic E-state index is 0.559. The van der Waals surface area contributed by atoms with Crippen LogP contribution in [0.2, 0.25) is 0 Å². The number of rotatable bonds is 2. The largest absolute Gasteiger partial charge is 0.122 e.